The van der Waals surface area contributed by atoms with Gasteiger partial charge in [-0.2, -0.15) is 0 Å². The van der Waals surface area contributed by atoms with Crippen LogP contribution in [0.25, 0.3) is 76.9 Å². The molecule has 2 atom stereocenters. The molecule has 0 saturated carbocycles. The predicted molar refractivity (Wildman–Crippen MR) is 254 cm³/mol. The van der Waals surface area contributed by atoms with Crippen molar-refractivity contribution in [2.75, 3.05) is 5.73 Å². The average molecular weight is 785 g/mol. The van der Waals surface area contributed by atoms with Gasteiger partial charge >= 0.3 is 0 Å². The summed E-state index contributed by atoms with van der Waals surface area (Å²) in [6, 6.07) is 73.2. The second-order valence-electron chi connectivity index (χ2n) is 15.9. The van der Waals surface area contributed by atoms with E-state index in [1.807, 2.05) is 12.1 Å². The number of hydrogen-bond donors (Lipinski definition) is 3. The number of para-hydroxylation sites is 2. The molecule has 9 aromatic carbocycles. The number of benzene rings is 9. The Labute approximate surface area is 352 Å². The minimum Gasteiger partial charge on any atom is -0.397 e. The van der Waals surface area contributed by atoms with Crippen LogP contribution in [0, 0.1) is 0 Å². The van der Waals surface area contributed by atoms with Gasteiger partial charge in [0.25, 0.3) is 0 Å². The molecule has 61 heavy (non-hydrogen) atoms. The van der Waals surface area contributed by atoms with Crippen molar-refractivity contribution in [3.8, 4) is 22.5 Å². The highest BCUT2D eigenvalue weighted by Gasteiger charge is 2.27. The molecule has 1 aliphatic rings. The third kappa shape index (κ3) is 5.72. The smallest absolute Gasteiger partial charge is 0.131 e. The van der Waals surface area contributed by atoms with Gasteiger partial charge in [-0.15, -0.1) is 0 Å². The molecule has 12 rings (SSSR count). The van der Waals surface area contributed by atoms with Gasteiger partial charge < -0.3 is 20.2 Å². The Balaban J connectivity index is 1.01. The van der Waals surface area contributed by atoms with Gasteiger partial charge in [0.05, 0.1) is 39.1 Å². The Kier molecular flexibility index (Phi) is 8.11. The third-order valence-electron chi connectivity index (χ3n) is 12.3. The van der Waals surface area contributed by atoms with E-state index in [2.05, 4.69) is 214 Å². The van der Waals surface area contributed by atoms with Crippen LogP contribution in [0.1, 0.15) is 29.0 Å². The molecule has 6 heteroatoms. The first kappa shape index (κ1) is 35.1. The Hall–Kier alpha value is -7.93. The molecule has 3 heterocycles. The number of anilines is 1. The zero-order valence-corrected chi connectivity index (χ0v) is 33.2. The van der Waals surface area contributed by atoms with E-state index in [0.717, 1.165) is 56.0 Å². The summed E-state index contributed by atoms with van der Waals surface area (Å²) in [5.41, 5.74) is 20.1. The van der Waals surface area contributed by atoms with Crippen LogP contribution in [0.4, 0.5) is 5.69 Å². The predicted octanol–water partition coefficient (Wildman–Crippen LogP) is 12.6. The zero-order valence-electron chi connectivity index (χ0n) is 33.2. The zero-order chi connectivity index (χ0) is 40.4. The minimum absolute atomic E-state index is 0.187. The molecule has 2 aromatic heterocycles. The van der Waals surface area contributed by atoms with Gasteiger partial charge in [-0.1, -0.05) is 164 Å². The van der Waals surface area contributed by atoms with Crippen LogP contribution < -0.4 is 16.4 Å². The first-order chi connectivity index (χ1) is 30.2. The Morgan fingerprint density at radius 1 is 0.443 bits per heavy atom. The van der Waals surface area contributed by atoms with Crippen molar-refractivity contribution in [2.24, 2.45) is 4.99 Å². The molecule has 4 N–H and O–H groups in total. The lowest BCUT2D eigenvalue weighted by Crippen LogP contribution is -2.45. The summed E-state index contributed by atoms with van der Waals surface area (Å²) in [5.74, 6) is 0.783. The molecular formula is C55H40N6. The number of nitrogens with one attached hydrogen (secondary N) is 2. The van der Waals surface area contributed by atoms with Crippen molar-refractivity contribution in [1.82, 2.24) is 19.8 Å². The van der Waals surface area contributed by atoms with Crippen LogP contribution in [0.5, 0.6) is 0 Å². The monoisotopic (exact) mass is 784 g/mol. The summed E-state index contributed by atoms with van der Waals surface area (Å²) in [5, 5.41) is 14.7. The molecule has 0 saturated heterocycles. The molecule has 2 unspecified atom stereocenters. The summed E-state index contributed by atoms with van der Waals surface area (Å²) in [7, 11) is 0. The summed E-state index contributed by atoms with van der Waals surface area (Å²) >= 11 is 0. The molecule has 6 nitrogen and oxygen atoms in total. The van der Waals surface area contributed by atoms with Crippen molar-refractivity contribution in [1.29, 1.82) is 0 Å². The molecule has 0 amide bonds. The molecule has 0 aliphatic carbocycles. The number of nitrogens with two attached hydrogens (primary N) is 1. The number of hydrogen-bond acceptors (Lipinski definition) is 4. The van der Waals surface area contributed by atoms with E-state index in [4.69, 9.17) is 10.7 Å². The quantitative estimate of drug-likeness (QED) is 0.147. The first-order valence-corrected chi connectivity index (χ1v) is 20.8. The van der Waals surface area contributed by atoms with E-state index in [1.165, 1.54) is 43.4 Å². The van der Waals surface area contributed by atoms with E-state index in [0.29, 0.717) is 5.69 Å². The fourth-order valence-electron chi connectivity index (χ4n) is 9.51. The molecule has 1 aliphatic heterocycles. The molecule has 290 valence electrons. The number of nitrogens with zero attached hydrogens (tertiary/aromatic N) is 3. The van der Waals surface area contributed by atoms with E-state index >= 15 is 0 Å². The molecular weight excluding hydrogens is 745 g/mol. The van der Waals surface area contributed by atoms with E-state index in [1.54, 1.807) is 0 Å². The number of fused-ring (bicyclic) bond motifs is 8. The Morgan fingerprint density at radius 3 is 1.87 bits per heavy atom. The lowest BCUT2D eigenvalue weighted by Gasteiger charge is -2.32. The van der Waals surface area contributed by atoms with Crippen molar-refractivity contribution < 1.29 is 0 Å². The van der Waals surface area contributed by atoms with Crippen molar-refractivity contribution in [3.63, 3.8) is 0 Å². The van der Waals surface area contributed by atoms with Crippen LogP contribution in [-0.4, -0.2) is 15.0 Å². The summed E-state index contributed by atoms with van der Waals surface area (Å²) < 4.78 is 4.80. The molecule has 0 bridgehead atoms. The van der Waals surface area contributed by atoms with Crippen LogP contribution >= 0.6 is 0 Å². The first-order valence-electron chi connectivity index (χ1n) is 20.8. The fourth-order valence-corrected chi connectivity index (χ4v) is 9.51. The number of aliphatic imine (C=N–C) groups is 1. The summed E-state index contributed by atoms with van der Waals surface area (Å²) in [4.78, 5) is 5.25. The van der Waals surface area contributed by atoms with Crippen molar-refractivity contribution in [3.05, 3.63) is 223 Å². The second-order valence-corrected chi connectivity index (χ2v) is 15.9. The van der Waals surface area contributed by atoms with Crippen LogP contribution in [0.3, 0.4) is 0 Å². The van der Waals surface area contributed by atoms with Crippen molar-refractivity contribution in [2.45, 2.75) is 12.3 Å². The molecule has 0 radical (unpaired) electrons. The molecule has 0 spiro atoms. The maximum atomic E-state index is 7.26. The topological polar surface area (TPSA) is 72.3 Å². The number of aromatic nitrogens is 2. The van der Waals surface area contributed by atoms with Gasteiger partial charge in [0.2, 0.25) is 0 Å². The Morgan fingerprint density at radius 2 is 1.08 bits per heavy atom. The maximum Gasteiger partial charge on any atom is 0.131 e. The summed E-state index contributed by atoms with van der Waals surface area (Å²) in [6.45, 7) is 0. The standard InChI is InChI=1S/C55H40N6/c56-45-34-40(55-58-53(38-17-5-2-6-18-38)57-54(59-55)39-28-26-36(27-29-39)35-14-3-1-4-15-35)30-32-49(45)61-47-23-11-9-21-42(47)43-31-33-50-51(52(43)61)44-22-10-12-24-48(44)60(50)46-25-13-19-37-16-7-8-20-41(37)46/h1-34,53-54,57H,56H2,(H,58,59). The summed E-state index contributed by atoms with van der Waals surface area (Å²) in [6.07, 6.45) is -0.449. The van der Waals surface area contributed by atoms with Gasteiger partial charge in [-0.3, -0.25) is 5.32 Å². The molecule has 11 aromatic rings. The largest absolute Gasteiger partial charge is 0.397 e. The maximum absolute atomic E-state index is 7.26. The third-order valence-corrected chi connectivity index (χ3v) is 12.3. The lowest BCUT2D eigenvalue weighted by molar-refractivity contribution is 0.409. The number of amidine groups is 1. The lowest BCUT2D eigenvalue weighted by atomic mass is 10.0. The van der Waals surface area contributed by atoms with Gasteiger partial charge in [-0.25, -0.2) is 4.99 Å². The van der Waals surface area contributed by atoms with E-state index < -0.39 is 0 Å². The van der Waals surface area contributed by atoms with Crippen LogP contribution in [0.15, 0.2) is 211 Å². The highest BCUT2D eigenvalue weighted by molar-refractivity contribution is 6.26. The van der Waals surface area contributed by atoms with Gasteiger partial charge in [0.1, 0.15) is 18.2 Å². The molecule has 0 fully saturated rings. The van der Waals surface area contributed by atoms with E-state index in [-0.39, 0.29) is 12.3 Å². The fraction of sp³-hybridized carbons (Fsp3) is 0.0364. The van der Waals surface area contributed by atoms with Gasteiger partial charge in [0.15, 0.2) is 0 Å². The van der Waals surface area contributed by atoms with E-state index in [9.17, 15) is 0 Å². The second kappa shape index (κ2) is 14.1. The number of rotatable bonds is 6. The Bertz CT molecular complexity index is 3490. The van der Waals surface area contributed by atoms with Crippen LogP contribution in [-0.2, 0) is 0 Å². The normalized spacial score (nSPS) is 15.4. The minimum atomic E-state index is -0.262. The highest BCUT2D eigenvalue weighted by Crippen LogP contribution is 2.43. The van der Waals surface area contributed by atoms with Crippen LogP contribution in [0.2, 0.25) is 0 Å². The number of nitrogen functional groups attached to an aromatic ring is 1. The average Bonchev–Trinajstić information content (AvgIpc) is 3.84. The van der Waals surface area contributed by atoms with Crippen molar-refractivity contribution >= 4 is 65.9 Å². The highest BCUT2D eigenvalue weighted by atomic mass is 15.3. The van der Waals surface area contributed by atoms with Gasteiger partial charge in [-0.05, 0) is 70.1 Å². The van der Waals surface area contributed by atoms with Gasteiger partial charge in [0, 0.05) is 32.5 Å². The SMILES string of the molecule is Nc1cc(C2=NC(c3ccccc3)NC(c3ccc(-c4ccccc4)cc3)N2)ccc1-n1c2ccccc2c2ccc3c(c4ccccc4n3-c3cccc4ccccc34)c21.